The van der Waals surface area contributed by atoms with E-state index < -0.39 is 0 Å². The molecule has 0 unspecified atom stereocenters. The van der Waals surface area contributed by atoms with Gasteiger partial charge in [0.1, 0.15) is 19.0 Å². The molecule has 29 heavy (non-hydrogen) atoms. The van der Waals surface area contributed by atoms with E-state index >= 15 is 0 Å². The number of aromatic nitrogens is 3. The average Bonchev–Trinajstić information content (AvgIpc) is 3.14. The third-order valence-electron chi connectivity index (χ3n) is 4.47. The Morgan fingerprint density at radius 1 is 1.10 bits per heavy atom. The first kappa shape index (κ1) is 19.3. The molecule has 1 amide bonds. The molecule has 0 bridgehead atoms. The molecule has 0 spiro atoms. The standard InChI is InChI=1S/C21H22N4O3S/c1-2-25-19(12-15-6-4-3-5-7-15)23-24-21(25)29-14-20(26)22-16-8-9-17-18(13-16)28-11-10-27-17/h3-9,13H,2,10-12,14H2,1H3,(H,22,26). The van der Waals surface area contributed by atoms with E-state index in [0.717, 1.165) is 17.5 Å². The predicted octanol–water partition coefficient (Wildman–Crippen LogP) is 3.39. The van der Waals surface area contributed by atoms with Crippen molar-refractivity contribution in [3.63, 3.8) is 0 Å². The van der Waals surface area contributed by atoms with Gasteiger partial charge in [0.2, 0.25) is 5.91 Å². The van der Waals surface area contributed by atoms with Gasteiger partial charge in [-0.1, -0.05) is 42.1 Å². The van der Waals surface area contributed by atoms with E-state index in [0.29, 0.717) is 36.8 Å². The van der Waals surface area contributed by atoms with Crippen LogP contribution in [0.4, 0.5) is 5.69 Å². The van der Waals surface area contributed by atoms with Gasteiger partial charge in [0, 0.05) is 24.7 Å². The zero-order chi connectivity index (χ0) is 20.1. The second-order valence-corrected chi connectivity index (χ2v) is 7.44. The molecule has 150 valence electrons. The lowest BCUT2D eigenvalue weighted by molar-refractivity contribution is -0.113. The van der Waals surface area contributed by atoms with Gasteiger partial charge in [-0.05, 0) is 24.6 Å². The maximum absolute atomic E-state index is 12.4. The van der Waals surface area contributed by atoms with Gasteiger partial charge in [-0.2, -0.15) is 0 Å². The average molecular weight is 410 g/mol. The SMILES string of the molecule is CCn1c(Cc2ccccc2)nnc1SCC(=O)Nc1ccc2c(c1)OCCO2. The molecule has 0 fully saturated rings. The molecule has 1 N–H and O–H groups in total. The second kappa shape index (κ2) is 9.00. The van der Waals surface area contributed by atoms with Crippen molar-refractivity contribution >= 4 is 23.4 Å². The number of carbonyl (C=O) groups is 1. The van der Waals surface area contributed by atoms with Crippen molar-refractivity contribution in [3.05, 3.63) is 59.9 Å². The van der Waals surface area contributed by atoms with Crippen molar-refractivity contribution in [2.45, 2.75) is 25.0 Å². The molecule has 8 heteroatoms. The van der Waals surface area contributed by atoms with Crippen LogP contribution in [-0.4, -0.2) is 39.6 Å². The highest BCUT2D eigenvalue weighted by molar-refractivity contribution is 7.99. The van der Waals surface area contributed by atoms with E-state index in [2.05, 4.69) is 39.1 Å². The van der Waals surface area contributed by atoms with Crippen molar-refractivity contribution in [2.24, 2.45) is 0 Å². The van der Waals surface area contributed by atoms with E-state index in [1.807, 2.05) is 24.3 Å². The highest BCUT2D eigenvalue weighted by Crippen LogP contribution is 2.32. The van der Waals surface area contributed by atoms with Crippen LogP contribution in [0, 0.1) is 0 Å². The Kier molecular flexibility index (Phi) is 6.00. The first-order chi connectivity index (χ1) is 14.2. The van der Waals surface area contributed by atoms with Crippen LogP contribution < -0.4 is 14.8 Å². The fraction of sp³-hybridized carbons (Fsp3) is 0.286. The third-order valence-corrected chi connectivity index (χ3v) is 5.44. The minimum atomic E-state index is -0.109. The summed E-state index contributed by atoms with van der Waals surface area (Å²) >= 11 is 1.38. The van der Waals surface area contributed by atoms with Crippen LogP contribution in [0.25, 0.3) is 0 Å². The highest BCUT2D eigenvalue weighted by Gasteiger charge is 2.15. The molecule has 4 rings (SSSR count). The number of rotatable bonds is 7. The third kappa shape index (κ3) is 4.71. The van der Waals surface area contributed by atoms with E-state index in [4.69, 9.17) is 9.47 Å². The van der Waals surface area contributed by atoms with Crippen LogP contribution in [0.15, 0.2) is 53.7 Å². The first-order valence-corrected chi connectivity index (χ1v) is 10.5. The van der Waals surface area contributed by atoms with Crippen LogP contribution in [0.3, 0.4) is 0 Å². The maximum atomic E-state index is 12.4. The van der Waals surface area contributed by atoms with Crippen molar-refractivity contribution in [3.8, 4) is 11.5 Å². The molecule has 0 saturated carbocycles. The fourth-order valence-electron chi connectivity index (χ4n) is 3.10. The summed E-state index contributed by atoms with van der Waals surface area (Å²) in [6, 6.07) is 15.6. The molecule has 0 atom stereocenters. The number of hydrogen-bond acceptors (Lipinski definition) is 6. The number of anilines is 1. The van der Waals surface area contributed by atoms with Gasteiger partial charge in [-0.25, -0.2) is 0 Å². The number of benzene rings is 2. The number of ether oxygens (including phenoxy) is 2. The van der Waals surface area contributed by atoms with Gasteiger partial charge < -0.3 is 19.4 Å². The summed E-state index contributed by atoms with van der Waals surface area (Å²) in [6.07, 6.45) is 0.714. The largest absolute Gasteiger partial charge is 0.486 e. The number of fused-ring (bicyclic) bond motifs is 1. The minimum absolute atomic E-state index is 0.109. The maximum Gasteiger partial charge on any atom is 0.234 e. The number of hydrogen-bond donors (Lipinski definition) is 1. The van der Waals surface area contributed by atoms with Gasteiger partial charge in [0.05, 0.1) is 5.75 Å². The lowest BCUT2D eigenvalue weighted by Gasteiger charge is -2.19. The summed E-state index contributed by atoms with van der Waals surface area (Å²) in [4.78, 5) is 12.4. The Hall–Kier alpha value is -3.00. The van der Waals surface area contributed by atoms with Crippen molar-refractivity contribution in [2.75, 3.05) is 24.3 Å². The van der Waals surface area contributed by atoms with Gasteiger partial charge >= 0.3 is 0 Å². The van der Waals surface area contributed by atoms with E-state index in [9.17, 15) is 4.79 Å². The van der Waals surface area contributed by atoms with E-state index in [-0.39, 0.29) is 11.7 Å². The molecule has 0 aliphatic carbocycles. The topological polar surface area (TPSA) is 78.3 Å². The number of nitrogens with zero attached hydrogens (tertiary/aromatic N) is 3. The summed E-state index contributed by atoms with van der Waals surface area (Å²) in [6.45, 7) is 3.86. The molecule has 3 aromatic rings. The smallest absolute Gasteiger partial charge is 0.234 e. The Morgan fingerprint density at radius 2 is 1.90 bits per heavy atom. The van der Waals surface area contributed by atoms with Crippen molar-refractivity contribution < 1.29 is 14.3 Å². The Labute approximate surface area is 173 Å². The quantitative estimate of drug-likeness (QED) is 0.602. The summed E-state index contributed by atoms with van der Waals surface area (Å²) in [5.74, 6) is 2.39. The Bertz CT molecular complexity index is 991. The van der Waals surface area contributed by atoms with Gasteiger partial charge in [-0.15, -0.1) is 10.2 Å². The fourth-order valence-corrected chi connectivity index (χ4v) is 3.92. The first-order valence-electron chi connectivity index (χ1n) is 9.51. The van der Waals surface area contributed by atoms with Crippen LogP contribution in [0.1, 0.15) is 18.3 Å². The summed E-state index contributed by atoms with van der Waals surface area (Å²) in [5, 5.41) is 12.2. The summed E-state index contributed by atoms with van der Waals surface area (Å²) in [7, 11) is 0. The molecule has 7 nitrogen and oxygen atoms in total. The normalized spacial score (nSPS) is 12.6. The number of amides is 1. The molecule has 1 aliphatic heterocycles. The van der Waals surface area contributed by atoms with Gasteiger partial charge in [0.15, 0.2) is 16.7 Å². The molecule has 1 aliphatic rings. The lowest BCUT2D eigenvalue weighted by atomic mass is 10.1. The monoisotopic (exact) mass is 410 g/mol. The molecule has 0 saturated heterocycles. The van der Waals surface area contributed by atoms with Crippen LogP contribution in [-0.2, 0) is 17.8 Å². The van der Waals surface area contributed by atoms with Gasteiger partial charge in [-0.3, -0.25) is 4.79 Å². The van der Waals surface area contributed by atoms with Gasteiger partial charge in [0.25, 0.3) is 0 Å². The minimum Gasteiger partial charge on any atom is -0.486 e. The predicted molar refractivity (Wildman–Crippen MR) is 112 cm³/mol. The molecule has 2 aromatic carbocycles. The zero-order valence-corrected chi connectivity index (χ0v) is 16.9. The zero-order valence-electron chi connectivity index (χ0n) is 16.1. The van der Waals surface area contributed by atoms with E-state index in [1.54, 1.807) is 12.1 Å². The Morgan fingerprint density at radius 3 is 2.69 bits per heavy atom. The molecular weight excluding hydrogens is 388 g/mol. The molecular formula is C21H22N4O3S. The lowest BCUT2D eigenvalue weighted by Crippen LogP contribution is -2.17. The Balaban J connectivity index is 1.37. The molecule has 1 aromatic heterocycles. The number of nitrogens with one attached hydrogen (secondary N) is 1. The number of thioether (sulfide) groups is 1. The molecule has 2 heterocycles. The molecule has 0 radical (unpaired) electrons. The van der Waals surface area contributed by atoms with Crippen LogP contribution in [0.2, 0.25) is 0 Å². The second-order valence-electron chi connectivity index (χ2n) is 6.50. The number of carbonyl (C=O) groups excluding carboxylic acids is 1. The van der Waals surface area contributed by atoms with Crippen molar-refractivity contribution in [1.29, 1.82) is 0 Å². The summed E-state index contributed by atoms with van der Waals surface area (Å²) in [5.41, 5.74) is 1.86. The van der Waals surface area contributed by atoms with Crippen LogP contribution >= 0.6 is 11.8 Å². The highest BCUT2D eigenvalue weighted by atomic mass is 32.2. The van der Waals surface area contributed by atoms with E-state index in [1.165, 1.54) is 17.3 Å². The van der Waals surface area contributed by atoms with Crippen LogP contribution in [0.5, 0.6) is 11.5 Å². The van der Waals surface area contributed by atoms with Crippen molar-refractivity contribution in [1.82, 2.24) is 14.8 Å². The summed E-state index contributed by atoms with van der Waals surface area (Å²) < 4.78 is 13.1.